The molecule has 0 amide bonds. The second-order valence-corrected chi connectivity index (χ2v) is 11.5. The van der Waals surface area contributed by atoms with Gasteiger partial charge >= 0.3 is 17.4 Å². The Bertz CT molecular complexity index is 675. The van der Waals surface area contributed by atoms with Gasteiger partial charge in [0, 0.05) is 26.3 Å². The van der Waals surface area contributed by atoms with E-state index in [0.717, 1.165) is 20.8 Å². The van der Waals surface area contributed by atoms with Crippen LogP contribution in [0.15, 0.2) is 18.2 Å². The van der Waals surface area contributed by atoms with Gasteiger partial charge in [-0.3, -0.25) is 14.4 Å². The summed E-state index contributed by atoms with van der Waals surface area (Å²) in [6.07, 6.45) is 0. The Morgan fingerprint density at radius 1 is 1.00 bits per heavy atom. The lowest BCUT2D eigenvalue weighted by atomic mass is 10.2. The van der Waals surface area contributed by atoms with Crippen LogP contribution in [0.5, 0.6) is 5.75 Å². The topological polar surface area (TPSA) is 97.4 Å². The zero-order valence-corrected chi connectivity index (χ0v) is 16.7. The van der Waals surface area contributed by atoms with Crippen LogP contribution in [0, 0.1) is 0 Å². The lowest BCUT2D eigenvalue weighted by Gasteiger charge is -2.32. The standard InChI is InChI=1S/C15H20O8Si2/c1-10(16)20-25(21-11(2)17,22-12(3)18)14-6-7-15-13(8-14)9-19-24(4,5)23-15/h6-8H,9H2,1-5H3. The summed E-state index contributed by atoms with van der Waals surface area (Å²) in [5.74, 6) is -1.54. The third-order valence-electron chi connectivity index (χ3n) is 3.18. The fourth-order valence-corrected chi connectivity index (χ4v) is 5.88. The number of carbonyl (C=O) groups excluding carboxylic acids is 3. The van der Waals surface area contributed by atoms with Crippen molar-refractivity contribution in [3.05, 3.63) is 23.8 Å². The fraction of sp³-hybridized carbons (Fsp3) is 0.400. The smallest absolute Gasteiger partial charge is 0.520 e. The highest BCUT2D eigenvalue weighted by Crippen LogP contribution is 2.29. The summed E-state index contributed by atoms with van der Waals surface area (Å²) >= 11 is 0. The Morgan fingerprint density at radius 3 is 2.00 bits per heavy atom. The summed E-state index contributed by atoms with van der Waals surface area (Å²) in [6.45, 7) is 7.57. The van der Waals surface area contributed by atoms with Gasteiger partial charge in [0.15, 0.2) is 0 Å². The Balaban J connectivity index is 2.51. The maximum Gasteiger partial charge on any atom is 0.742 e. The molecule has 0 radical (unpaired) electrons. The van der Waals surface area contributed by atoms with Gasteiger partial charge in [-0.05, 0) is 31.3 Å². The number of carbonyl (C=O) groups is 3. The molecule has 0 aliphatic carbocycles. The average Bonchev–Trinajstić information content (AvgIpc) is 2.43. The summed E-state index contributed by atoms with van der Waals surface area (Å²) in [5.41, 5.74) is 0.688. The molecular formula is C15H20O8Si2. The van der Waals surface area contributed by atoms with Crippen LogP contribution in [0.3, 0.4) is 0 Å². The van der Waals surface area contributed by atoms with E-state index in [4.69, 9.17) is 22.1 Å². The van der Waals surface area contributed by atoms with Gasteiger partial charge in [-0.1, -0.05) is 0 Å². The van der Waals surface area contributed by atoms with E-state index in [2.05, 4.69) is 0 Å². The molecule has 0 atom stereocenters. The third-order valence-corrected chi connectivity index (χ3v) is 7.42. The molecule has 10 heteroatoms. The van der Waals surface area contributed by atoms with Crippen molar-refractivity contribution >= 4 is 40.5 Å². The summed E-state index contributed by atoms with van der Waals surface area (Å²) in [4.78, 5) is 34.7. The fourth-order valence-electron chi connectivity index (χ4n) is 2.34. The third kappa shape index (κ3) is 4.68. The molecule has 1 heterocycles. The van der Waals surface area contributed by atoms with Gasteiger partial charge in [-0.25, -0.2) is 0 Å². The Labute approximate surface area is 147 Å². The molecule has 2 rings (SSSR count). The van der Waals surface area contributed by atoms with Crippen LogP contribution in [-0.4, -0.2) is 35.3 Å². The highest BCUT2D eigenvalue weighted by atomic mass is 28.4. The Hall–Kier alpha value is -2.18. The number of hydrogen-bond donors (Lipinski definition) is 0. The van der Waals surface area contributed by atoms with E-state index in [9.17, 15) is 14.4 Å². The molecule has 0 fully saturated rings. The summed E-state index contributed by atoms with van der Waals surface area (Å²) in [7, 11) is -6.33. The van der Waals surface area contributed by atoms with Crippen LogP contribution >= 0.6 is 0 Å². The molecule has 1 aromatic rings. The van der Waals surface area contributed by atoms with Gasteiger partial charge < -0.3 is 22.1 Å². The van der Waals surface area contributed by atoms with Crippen LogP contribution in [0.4, 0.5) is 0 Å². The molecule has 1 aliphatic heterocycles. The van der Waals surface area contributed by atoms with Gasteiger partial charge in [-0.15, -0.1) is 0 Å². The van der Waals surface area contributed by atoms with Crippen molar-refractivity contribution < 1.29 is 36.5 Å². The van der Waals surface area contributed by atoms with Crippen LogP contribution in [0.2, 0.25) is 13.1 Å². The molecule has 0 spiro atoms. The van der Waals surface area contributed by atoms with Crippen molar-refractivity contribution in [3.8, 4) is 5.75 Å². The number of rotatable bonds is 4. The number of benzene rings is 1. The molecule has 0 bridgehead atoms. The molecule has 25 heavy (non-hydrogen) atoms. The van der Waals surface area contributed by atoms with Crippen LogP contribution < -0.4 is 9.61 Å². The summed E-state index contributed by atoms with van der Waals surface area (Å²) in [5, 5.41) is 0.292. The number of fused-ring (bicyclic) bond motifs is 1. The van der Waals surface area contributed by atoms with Crippen molar-refractivity contribution in [1.82, 2.24) is 0 Å². The molecule has 1 aliphatic rings. The van der Waals surface area contributed by atoms with Gasteiger partial charge in [0.1, 0.15) is 5.75 Å². The molecule has 0 aromatic heterocycles. The quantitative estimate of drug-likeness (QED) is 0.713. The van der Waals surface area contributed by atoms with E-state index in [-0.39, 0.29) is 0 Å². The van der Waals surface area contributed by atoms with E-state index >= 15 is 0 Å². The molecule has 0 unspecified atom stereocenters. The van der Waals surface area contributed by atoms with Crippen molar-refractivity contribution in [2.75, 3.05) is 0 Å². The van der Waals surface area contributed by atoms with E-state index < -0.39 is 35.3 Å². The minimum Gasteiger partial charge on any atom is -0.520 e. The predicted molar refractivity (Wildman–Crippen MR) is 90.0 cm³/mol. The molecule has 136 valence electrons. The van der Waals surface area contributed by atoms with E-state index in [1.54, 1.807) is 18.2 Å². The molecule has 8 nitrogen and oxygen atoms in total. The first-order valence-corrected chi connectivity index (χ1v) is 12.1. The zero-order valence-electron chi connectivity index (χ0n) is 14.7. The highest BCUT2D eigenvalue weighted by molar-refractivity contribution is 6.79. The summed E-state index contributed by atoms with van der Waals surface area (Å²) in [6, 6.07) is 4.84. The summed E-state index contributed by atoms with van der Waals surface area (Å²) < 4.78 is 27.2. The Morgan fingerprint density at radius 2 is 1.52 bits per heavy atom. The molecule has 1 aromatic carbocycles. The van der Waals surface area contributed by atoms with Gasteiger partial charge in [-0.2, -0.15) is 0 Å². The molecule has 0 saturated carbocycles. The highest BCUT2D eigenvalue weighted by Gasteiger charge is 2.55. The van der Waals surface area contributed by atoms with Gasteiger partial charge in [0.25, 0.3) is 17.9 Å². The maximum absolute atomic E-state index is 11.6. The molecular weight excluding hydrogens is 364 g/mol. The largest absolute Gasteiger partial charge is 0.742 e. The normalized spacial score (nSPS) is 15.4. The average molecular weight is 384 g/mol. The lowest BCUT2D eigenvalue weighted by Crippen LogP contribution is -2.59. The zero-order chi connectivity index (χ0) is 18.8. The first-order valence-electron chi connectivity index (χ1n) is 7.58. The second kappa shape index (κ2) is 6.98. The van der Waals surface area contributed by atoms with E-state index in [0.29, 0.717) is 23.1 Å². The Kier molecular flexibility index (Phi) is 5.35. The maximum atomic E-state index is 11.6. The van der Waals surface area contributed by atoms with Crippen molar-refractivity contribution in [2.45, 2.75) is 40.5 Å². The van der Waals surface area contributed by atoms with E-state index in [1.807, 2.05) is 13.1 Å². The molecule has 0 N–H and O–H groups in total. The minimum atomic E-state index is -4.10. The van der Waals surface area contributed by atoms with Crippen LogP contribution in [0.25, 0.3) is 0 Å². The minimum absolute atomic E-state index is 0.292. The SMILES string of the molecule is CC(=O)O[Si](OC(C)=O)(OC(C)=O)c1ccc2c(c1)CO[Si](C)(C)O2. The van der Waals surface area contributed by atoms with Crippen molar-refractivity contribution in [3.63, 3.8) is 0 Å². The first kappa shape index (κ1) is 19.2. The monoisotopic (exact) mass is 384 g/mol. The van der Waals surface area contributed by atoms with Gasteiger partial charge in [0.05, 0.1) is 11.8 Å². The predicted octanol–water partition coefficient (Wildman–Crippen LogP) is 1.13. The second-order valence-electron chi connectivity index (χ2n) is 5.95. The van der Waals surface area contributed by atoms with E-state index in [1.165, 1.54) is 0 Å². The van der Waals surface area contributed by atoms with Gasteiger partial charge in [0.2, 0.25) is 0 Å². The number of hydrogen-bond acceptors (Lipinski definition) is 8. The van der Waals surface area contributed by atoms with Crippen LogP contribution in [0.1, 0.15) is 26.3 Å². The van der Waals surface area contributed by atoms with Crippen molar-refractivity contribution in [2.24, 2.45) is 0 Å². The van der Waals surface area contributed by atoms with Crippen LogP contribution in [-0.2, 0) is 38.7 Å². The lowest BCUT2D eigenvalue weighted by molar-refractivity contribution is -0.146. The van der Waals surface area contributed by atoms with Crippen molar-refractivity contribution in [1.29, 1.82) is 0 Å². The first-order chi connectivity index (χ1) is 11.5. The molecule has 0 saturated heterocycles.